The van der Waals surface area contributed by atoms with Crippen LogP contribution in [0.4, 0.5) is 0 Å². The summed E-state index contributed by atoms with van der Waals surface area (Å²) in [6.45, 7) is 4.89. The lowest BCUT2D eigenvalue weighted by atomic mass is 10.2. The molecule has 2 amide bonds. The molecule has 0 spiro atoms. The molecule has 0 unspecified atom stereocenters. The Morgan fingerprint density at radius 2 is 1.91 bits per heavy atom. The minimum Gasteiger partial charge on any atom is -0.493 e. The number of nitrogens with one attached hydrogen (secondary N) is 2. The molecule has 0 saturated heterocycles. The third-order valence-corrected chi connectivity index (χ3v) is 2.87. The van der Waals surface area contributed by atoms with Gasteiger partial charge in [0.1, 0.15) is 0 Å². The Labute approximate surface area is 136 Å². The fourth-order valence-electron chi connectivity index (χ4n) is 1.77. The molecule has 0 atom stereocenters. The molecule has 126 valence electrons. The van der Waals surface area contributed by atoms with Gasteiger partial charge in [0.2, 0.25) is 11.8 Å². The summed E-state index contributed by atoms with van der Waals surface area (Å²) in [5.74, 6) is 0.978. The summed E-state index contributed by atoms with van der Waals surface area (Å²) in [7, 11) is 1.58. The highest BCUT2D eigenvalue weighted by Crippen LogP contribution is 2.28. The molecule has 0 fully saturated rings. The van der Waals surface area contributed by atoms with Gasteiger partial charge in [-0.2, -0.15) is 0 Å². The van der Waals surface area contributed by atoms with E-state index in [9.17, 15) is 9.59 Å². The van der Waals surface area contributed by atoms with E-state index in [0.29, 0.717) is 31.2 Å². The zero-order valence-electron chi connectivity index (χ0n) is 13.8. The maximum absolute atomic E-state index is 11.7. The van der Waals surface area contributed by atoms with Crippen LogP contribution in [0.25, 0.3) is 6.08 Å². The average Bonchev–Trinajstić information content (AvgIpc) is 2.55. The molecule has 6 heteroatoms. The summed E-state index contributed by atoms with van der Waals surface area (Å²) in [5, 5.41) is 5.28. The summed E-state index contributed by atoms with van der Waals surface area (Å²) in [5.41, 5.74) is 0.836. The minimum absolute atomic E-state index is 0.118. The maximum Gasteiger partial charge on any atom is 0.244 e. The molecule has 1 aromatic carbocycles. The smallest absolute Gasteiger partial charge is 0.244 e. The number of hydrogen-bond donors (Lipinski definition) is 2. The first kappa shape index (κ1) is 18.5. The van der Waals surface area contributed by atoms with Gasteiger partial charge in [-0.25, -0.2) is 0 Å². The Balaban J connectivity index is 2.55. The van der Waals surface area contributed by atoms with Crippen LogP contribution in [0.2, 0.25) is 0 Å². The molecule has 2 N–H and O–H groups in total. The Morgan fingerprint density at radius 3 is 2.57 bits per heavy atom. The van der Waals surface area contributed by atoms with E-state index in [-0.39, 0.29) is 11.8 Å². The Bertz CT molecular complexity index is 556. The molecule has 0 aliphatic heterocycles. The van der Waals surface area contributed by atoms with Crippen LogP contribution in [0.5, 0.6) is 11.5 Å². The fourth-order valence-corrected chi connectivity index (χ4v) is 1.77. The van der Waals surface area contributed by atoms with Crippen LogP contribution in [-0.2, 0) is 9.59 Å². The zero-order valence-corrected chi connectivity index (χ0v) is 13.8. The number of ether oxygens (including phenoxy) is 2. The van der Waals surface area contributed by atoms with Gasteiger partial charge in [0.15, 0.2) is 11.5 Å². The molecule has 1 aromatic rings. The van der Waals surface area contributed by atoms with Crippen molar-refractivity contribution >= 4 is 17.9 Å². The number of hydrogen-bond acceptors (Lipinski definition) is 4. The molecule has 0 aliphatic carbocycles. The highest BCUT2D eigenvalue weighted by molar-refractivity contribution is 5.91. The van der Waals surface area contributed by atoms with Gasteiger partial charge in [0.05, 0.1) is 13.7 Å². The monoisotopic (exact) mass is 320 g/mol. The molecule has 0 saturated carbocycles. The summed E-state index contributed by atoms with van der Waals surface area (Å²) in [6.07, 6.45) is 4.05. The van der Waals surface area contributed by atoms with Gasteiger partial charge in [-0.3, -0.25) is 9.59 Å². The van der Waals surface area contributed by atoms with Gasteiger partial charge >= 0.3 is 0 Å². The molecule has 1 rings (SSSR count). The van der Waals surface area contributed by atoms with E-state index in [1.807, 2.05) is 25.1 Å². The molecular formula is C17H24N2O4. The minimum atomic E-state index is -0.222. The van der Waals surface area contributed by atoms with Crippen molar-refractivity contribution in [2.75, 3.05) is 26.8 Å². The van der Waals surface area contributed by atoms with Gasteiger partial charge in [0.25, 0.3) is 0 Å². The second kappa shape index (κ2) is 10.3. The first-order valence-corrected chi connectivity index (χ1v) is 7.58. The van der Waals surface area contributed by atoms with Gasteiger partial charge in [-0.05, 0) is 30.2 Å². The van der Waals surface area contributed by atoms with E-state index in [2.05, 4.69) is 10.6 Å². The maximum atomic E-state index is 11.7. The normalized spacial score (nSPS) is 10.4. The molecular weight excluding hydrogens is 296 g/mol. The van der Waals surface area contributed by atoms with Gasteiger partial charge in [-0.15, -0.1) is 0 Å². The van der Waals surface area contributed by atoms with E-state index < -0.39 is 0 Å². The standard InChI is InChI=1S/C17H24N2O4/c1-4-11-23-15-7-5-14(12-16(15)22-3)6-8-17(21)19-10-9-18-13(2)20/h5-8,12H,4,9-11H2,1-3H3,(H,18,20)(H,19,21). The Kier molecular flexibility index (Phi) is 8.28. The van der Waals surface area contributed by atoms with Crippen molar-refractivity contribution < 1.29 is 19.1 Å². The van der Waals surface area contributed by atoms with Gasteiger partial charge in [-0.1, -0.05) is 13.0 Å². The number of benzene rings is 1. The first-order chi connectivity index (χ1) is 11.1. The van der Waals surface area contributed by atoms with Crippen molar-refractivity contribution in [3.63, 3.8) is 0 Å². The molecule has 23 heavy (non-hydrogen) atoms. The van der Waals surface area contributed by atoms with Crippen LogP contribution >= 0.6 is 0 Å². The molecule has 6 nitrogen and oxygen atoms in total. The lowest BCUT2D eigenvalue weighted by Gasteiger charge is -2.10. The molecule has 0 heterocycles. The average molecular weight is 320 g/mol. The van der Waals surface area contributed by atoms with Crippen LogP contribution in [0.3, 0.4) is 0 Å². The second-order valence-electron chi connectivity index (χ2n) is 4.87. The molecule has 0 radical (unpaired) electrons. The third kappa shape index (κ3) is 7.35. The predicted octanol–water partition coefficient (Wildman–Crippen LogP) is 1.75. The van der Waals surface area contributed by atoms with E-state index in [4.69, 9.17) is 9.47 Å². The van der Waals surface area contributed by atoms with E-state index in [1.54, 1.807) is 13.2 Å². The Hall–Kier alpha value is -2.50. The summed E-state index contributed by atoms with van der Waals surface area (Å²) < 4.78 is 10.9. The van der Waals surface area contributed by atoms with Crippen molar-refractivity contribution in [1.29, 1.82) is 0 Å². The zero-order chi connectivity index (χ0) is 17.1. The molecule has 0 aromatic heterocycles. The Morgan fingerprint density at radius 1 is 1.17 bits per heavy atom. The van der Waals surface area contributed by atoms with E-state index in [1.165, 1.54) is 13.0 Å². The number of rotatable bonds is 9. The number of methoxy groups -OCH3 is 1. The number of carbonyl (C=O) groups excluding carboxylic acids is 2. The van der Waals surface area contributed by atoms with Crippen molar-refractivity contribution in [2.45, 2.75) is 20.3 Å². The predicted molar refractivity (Wildman–Crippen MR) is 89.5 cm³/mol. The van der Waals surface area contributed by atoms with E-state index >= 15 is 0 Å². The van der Waals surface area contributed by atoms with Crippen LogP contribution in [-0.4, -0.2) is 38.6 Å². The van der Waals surface area contributed by atoms with Gasteiger partial charge in [0, 0.05) is 26.1 Å². The quantitative estimate of drug-likeness (QED) is 0.537. The molecule has 0 bridgehead atoms. The van der Waals surface area contributed by atoms with Crippen LogP contribution in [0.15, 0.2) is 24.3 Å². The topological polar surface area (TPSA) is 76.7 Å². The largest absolute Gasteiger partial charge is 0.493 e. The van der Waals surface area contributed by atoms with Crippen LogP contribution in [0.1, 0.15) is 25.8 Å². The number of amides is 2. The van der Waals surface area contributed by atoms with Crippen LogP contribution < -0.4 is 20.1 Å². The molecule has 0 aliphatic rings. The van der Waals surface area contributed by atoms with Crippen molar-refractivity contribution in [3.8, 4) is 11.5 Å². The highest BCUT2D eigenvalue weighted by atomic mass is 16.5. The lowest BCUT2D eigenvalue weighted by molar-refractivity contribution is -0.119. The lowest BCUT2D eigenvalue weighted by Crippen LogP contribution is -2.32. The third-order valence-electron chi connectivity index (χ3n) is 2.87. The van der Waals surface area contributed by atoms with Crippen molar-refractivity contribution in [2.24, 2.45) is 0 Å². The summed E-state index contributed by atoms with van der Waals surface area (Å²) in [4.78, 5) is 22.4. The summed E-state index contributed by atoms with van der Waals surface area (Å²) >= 11 is 0. The van der Waals surface area contributed by atoms with Crippen molar-refractivity contribution in [3.05, 3.63) is 29.8 Å². The second-order valence-corrected chi connectivity index (χ2v) is 4.87. The number of carbonyl (C=O) groups is 2. The van der Waals surface area contributed by atoms with E-state index in [0.717, 1.165) is 12.0 Å². The van der Waals surface area contributed by atoms with Gasteiger partial charge < -0.3 is 20.1 Å². The summed E-state index contributed by atoms with van der Waals surface area (Å²) in [6, 6.07) is 5.49. The first-order valence-electron chi connectivity index (χ1n) is 7.58. The SMILES string of the molecule is CCCOc1ccc(C=CC(=O)NCCNC(C)=O)cc1OC. The van der Waals surface area contributed by atoms with Crippen LogP contribution in [0, 0.1) is 0 Å². The van der Waals surface area contributed by atoms with Crippen molar-refractivity contribution in [1.82, 2.24) is 10.6 Å². The highest BCUT2D eigenvalue weighted by Gasteiger charge is 2.04. The fraction of sp³-hybridized carbons (Fsp3) is 0.412.